The summed E-state index contributed by atoms with van der Waals surface area (Å²) in [6.07, 6.45) is 8.33. The summed E-state index contributed by atoms with van der Waals surface area (Å²) in [6.45, 7) is 2.15. The molecule has 34 heavy (non-hydrogen) atoms. The standard InChI is InChI=1S/C29H36O5/c1-3-4-6-11-23(30)16-17-24-25-18-28(32-2)33-27(25)19-26(24)34-29(31)22-14-12-21(13-15-22)20-9-7-5-8-10-20/h5,7-10,12-17,23-28,30H,3-4,6,11,18-19H2,1-2H3/b17-16+/t23-,24+,25+,26+,27-,28+/m0/s1. The second-order valence-corrected chi connectivity index (χ2v) is 9.39. The van der Waals surface area contributed by atoms with Crippen LogP contribution in [0.25, 0.3) is 11.1 Å². The molecule has 1 aliphatic heterocycles. The number of aliphatic hydroxyl groups excluding tert-OH is 1. The Hall–Kier alpha value is -2.47. The summed E-state index contributed by atoms with van der Waals surface area (Å²) in [7, 11) is 1.66. The number of hydrogen-bond acceptors (Lipinski definition) is 5. The third-order valence-electron chi connectivity index (χ3n) is 7.06. The summed E-state index contributed by atoms with van der Waals surface area (Å²) in [5.41, 5.74) is 2.71. The van der Waals surface area contributed by atoms with Gasteiger partial charge >= 0.3 is 5.97 Å². The smallest absolute Gasteiger partial charge is 0.338 e. The van der Waals surface area contributed by atoms with Crippen LogP contribution in [0, 0.1) is 11.8 Å². The molecule has 0 amide bonds. The fraction of sp³-hybridized carbons (Fsp3) is 0.483. The second-order valence-electron chi connectivity index (χ2n) is 9.39. The van der Waals surface area contributed by atoms with Crippen molar-refractivity contribution in [3.8, 4) is 11.1 Å². The average Bonchev–Trinajstić information content (AvgIpc) is 3.41. The van der Waals surface area contributed by atoms with Gasteiger partial charge in [0.25, 0.3) is 0 Å². The summed E-state index contributed by atoms with van der Waals surface area (Å²) >= 11 is 0. The first kappa shape index (κ1) is 24.6. The number of carbonyl (C=O) groups is 1. The van der Waals surface area contributed by atoms with Crippen LogP contribution in [0.15, 0.2) is 66.7 Å². The first-order chi connectivity index (χ1) is 16.6. The van der Waals surface area contributed by atoms with Gasteiger partial charge in [0, 0.05) is 25.9 Å². The molecule has 6 atom stereocenters. The van der Waals surface area contributed by atoms with E-state index in [0.29, 0.717) is 12.0 Å². The van der Waals surface area contributed by atoms with E-state index in [0.717, 1.165) is 43.2 Å². The molecule has 0 spiro atoms. The number of rotatable bonds is 10. The molecule has 1 heterocycles. The van der Waals surface area contributed by atoms with E-state index in [-0.39, 0.29) is 36.3 Å². The van der Waals surface area contributed by atoms with Gasteiger partial charge in [-0.1, -0.05) is 80.8 Å². The molecular formula is C29H36O5. The Labute approximate surface area is 202 Å². The summed E-state index contributed by atoms with van der Waals surface area (Å²) in [4.78, 5) is 13.0. The molecule has 2 aromatic carbocycles. The van der Waals surface area contributed by atoms with Crippen molar-refractivity contribution in [1.82, 2.24) is 0 Å². The molecule has 4 rings (SSSR count). The molecule has 0 aromatic heterocycles. The zero-order valence-corrected chi connectivity index (χ0v) is 20.1. The predicted molar refractivity (Wildman–Crippen MR) is 132 cm³/mol. The number of esters is 1. The normalized spacial score (nSPS) is 27.1. The van der Waals surface area contributed by atoms with Crippen molar-refractivity contribution < 1.29 is 24.1 Å². The maximum Gasteiger partial charge on any atom is 0.338 e. The molecule has 1 saturated heterocycles. The van der Waals surface area contributed by atoms with Gasteiger partial charge in [-0.15, -0.1) is 0 Å². The molecule has 1 N–H and O–H groups in total. The highest BCUT2D eigenvalue weighted by atomic mass is 16.7. The third kappa shape index (κ3) is 5.96. The number of methoxy groups -OCH3 is 1. The SMILES string of the molecule is CCCCC[C@H](O)/C=C/[C@@H]1[C@H]2C[C@H](OC)O[C@H]2C[C@H]1OC(=O)c1ccc(-c2ccccc2)cc1. The highest BCUT2D eigenvalue weighted by molar-refractivity contribution is 5.90. The molecule has 1 saturated carbocycles. The van der Waals surface area contributed by atoms with Crippen molar-refractivity contribution in [1.29, 1.82) is 0 Å². The van der Waals surface area contributed by atoms with Gasteiger partial charge in [0.2, 0.25) is 0 Å². The Morgan fingerprint density at radius 3 is 2.53 bits per heavy atom. The van der Waals surface area contributed by atoms with Crippen LogP contribution >= 0.6 is 0 Å². The second kappa shape index (κ2) is 11.8. The van der Waals surface area contributed by atoms with Gasteiger partial charge in [-0.25, -0.2) is 4.79 Å². The Morgan fingerprint density at radius 1 is 1.09 bits per heavy atom. The summed E-state index contributed by atoms with van der Waals surface area (Å²) in [5, 5.41) is 10.4. The number of hydrogen-bond donors (Lipinski definition) is 1. The van der Waals surface area contributed by atoms with Crippen LogP contribution < -0.4 is 0 Å². The summed E-state index contributed by atoms with van der Waals surface area (Å²) in [5.74, 6) is -0.115. The molecule has 182 valence electrons. The largest absolute Gasteiger partial charge is 0.458 e. The van der Waals surface area contributed by atoms with Gasteiger partial charge in [-0.3, -0.25) is 0 Å². The van der Waals surface area contributed by atoms with Crippen LogP contribution in [0.5, 0.6) is 0 Å². The number of benzene rings is 2. The van der Waals surface area contributed by atoms with E-state index >= 15 is 0 Å². The van der Waals surface area contributed by atoms with Crippen LogP contribution in [0.3, 0.4) is 0 Å². The quantitative estimate of drug-likeness (QED) is 0.275. The fourth-order valence-electron chi connectivity index (χ4n) is 5.16. The van der Waals surface area contributed by atoms with Crippen molar-refractivity contribution in [3.05, 3.63) is 72.3 Å². The number of carbonyl (C=O) groups excluding carboxylic acids is 1. The molecule has 0 bridgehead atoms. The van der Waals surface area contributed by atoms with E-state index in [9.17, 15) is 9.90 Å². The minimum Gasteiger partial charge on any atom is -0.458 e. The average molecular weight is 465 g/mol. The van der Waals surface area contributed by atoms with Gasteiger partial charge in [0.05, 0.1) is 17.8 Å². The van der Waals surface area contributed by atoms with Crippen molar-refractivity contribution in [2.75, 3.05) is 7.11 Å². The highest BCUT2D eigenvalue weighted by Crippen LogP contribution is 2.45. The van der Waals surface area contributed by atoms with Crippen LogP contribution in [-0.2, 0) is 14.2 Å². The molecule has 1 aliphatic carbocycles. The lowest BCUT2D eigenvalue weighted by Gasteiger charge is -2.22. The Morgan fingerprint density at radius 2 is 1.82 bits per heavy atom. The van der Waals surface area contributed by atoms with Gasteiger partial charge in [0.15, 0.2) is 6.29 Å². The molecule has 2 aliphatic rings. The Kier molecular flexibility index (Phi) is 8.54. The first-order valence-electron chi connectivity index (χ1n) is 12.5. The van der Waals surface area contributed by atoms with Gasteiger partial charge in [-0.2, -0.15) is 0 Å². The van der Waals surface area contributed by atoms with Crippen molar-refractivity contribution in [3.63, 3.8) is 0 Å². The van der Waals surface area contributed by atoms with Crippen LogP contribution in [-0.4, -0.2) is 42.8 Å². The van der Waals surface area contributed by atoms with E-state index in [4.69, 9.17) is 14.2 Å². The molecule has 0 unspecified atom stereocenters. The van der Waals surface area contributed by atoms with Crippen molar-refractivity contribution >= 4 is 5.97 Å². The zero-order valence-electron chi connectivity index (χ0n) is 20.1. The maximum atomic E-state index is 13.0. The minimum atomic E-state index is -0.479. The lowest BCUT2D eigenvalue weighted by Crippen LogP contribution is -2.25. The van der Waals surface area contributed by atoms with Crippen molar-refractivity contribution in [2.45, 2.75) is 70.1 Å². The fourth-order valence-corrected chi connectivity index (χ4v) is 5.16. The summed E-state index contributed by atoms with van der Waals surface area (Å²) < 4.78 is 17.4. The van der Waals surface area contributed by atoms with Crippen LogP contribution in [0.4, 0.5) is 0 Å². The zero-order chi connectivity index (χ0) is 23.9. The Bertz CT molecular complexity index is 939. The first-order valence-corrected chi connectivity index (χ1v) is 12.5. The molecule has 2 aromatic rings. The topological polar surface area (TPSA) is 65.0 Å². The van der Waals surface area contributed by atoms with E-state index in [1.165, 1.54) is 0 Å². The van der Waals surface area contributed by atoms with Crippen LogP contribution in [0.1, 0.15) is 55.8 Å². The number of ether oxygens (including phenoxy) is 3. The van der Waals surface area contributed by atoms with Gasteiger partial charge < -0.3 is 19.3 Å². The highest BCUT2D eigenvalue weighted by Gasteiger charge is 2.50. The van der Waals surface area contributed by atoms with E-state index in [1.54, 1.807) is 7.11 Å². The number of fused-ring (bicyclic) bond motifs is 1. The van der Waals surface area contributed by atoms with E-state index < -0.39 is 6.10 Å². The Balaban J connectivity index is 1.43. The lowest BCUT2D eigenvalue weighted by atomic mass is 9.91. The monoisotopic (exact) mass is 464 g/mol. The van der Waals surface area contributed by atoms with Gasteiger partial charge in [0.1, 0.15) is 6.10 Å². The molecule has 2 fully saturated rings. The number of unbranched alkanes of at least 4 members (excludes halogenated alkanes) is 2. The van der Waals surface area contributed by atoms with Crippen LogP contribution in [0.2, 0.25) is 0 Å². The summed E-state index contributed by atoms with van der Waals surface area (Å²) in [6, 6.07) is 17.6. The molecular weight excluding hydrogens is 428 g/mol. The minimum absolute atomic E-state index is 0.00137. The van der Waals surface area contributed by atoms with E-state index in [2.05, 4.69) is 6.92 Å². The molecule has 5 heteroatoms. The third-order valence-corrected chi connectivity index (χ3v) is 7.06. The molecule has 5 nitrogen and oxygen atoms in total. The van der Waals surface area contributed by atoms with Gasteiger partial charge in [-0.05, 0) is 35.6 Å². The number of aliphatic hydroxyl groups is 1. The van der Waals surface area contributed by atoms with Crippen molar-refractivity contribution in [2.24, 2.45) is 11.8 Å². The predicted octanol–water partition coefficient (Wildman–Crippen LogP) is 5.77. The molecule has 0 radical (unpaired) electrons. The van der Waals surface area contributed by atoms with E-state index in [1.807, 2.05) is 66.7 Å². The maximum absolute atomic E-state index is 13.0. The lowest BCUT2D eigenvalue weighted by molar-refractivity contribution is -0.118.